The Morgan fingerprint density at radius 1 is 1.40 bits per heavy atom. The zero-order chi connectivity index (χ0) is 18.4. The van der Waals surface area contributed by atoms with Crippen LogP contribution in [0.3, 0.4) is 0 Å². The number of aliphatic hydroxyl groups excluding tert-OH is 1. The number of carbonyl (C=O) groups is 1. The van der Waals surface area contributed by atoms with Gasteiger partial charge in [0.15, 0.2) is 6.23 Å². The number of aromatic nitrogens is 1. The molecule has 1 unspecified atom stereocenters. The van der Waals surface area contributed by atoms with Crippen LogP contribution in [-0.4, -0.2) is 47.0 Å². The molecule has 25 heavy (non-hydrogen) atoms. The van der Waals surface area contributed by atoms with Gasteiger partial charge in [0.05, 0.1) is 17.0 Å². The molecule has 1 aromatic heterocycles. The summed E-state index contributed by atoms with van der Waals surface area (Å²) in [5.41, 5.74) is -0.279. The molecule has 0 aliphatic carbocycles. The third-order valence-corrected chi connectivity index (χ3v) is 4.76. The summed E-state index contributed by atoms with van der Waals surface area (Å²) in [6, 6.07) is 4.04. The zero-order valence-corrected chi connectivity index (χ0v) is 14.1. The van der Waals surface area contributed by atoms with Gasteiger partial charge in [-0.25, -0.2) is 4.79 Å². The van der Waals surface area contributed by atoms with Gasteiger partial charge in [-0.2, -0.15) is 17.5 Å². The Kier molecular flexibility index (Phi) is 4.43. The number of hydrogen-bond acceptors (Lipinski definition) is 5. The molecule has 2 aromatic rings. The van der Waals surface area contributed by atoms with Gasteiger partial charge in [-0.05, 0) is 35.8 Å². The maximum absolute atomic E-state index is 13.1. The molecular weight excluding hydrogens is 359 g/mol. The van der Waals surface area contributed by atoms with E-state index in [1.807, 2.05) is 0 Å². The average Bonchev–Trinajstić information content (AvgIpc) is 2.98. The van der Waals surface area contributed by atoms with Gasteiger partial charge in [-0.1, -0.05) is 0 Å². The first-order chi connectivity index (χ1) is 11.8. The lowest BCUT2D eigenvalue weighted by Gasteiger charge is -2.38. The molecule has 0 saturated carbocycles. The number of rotatable bonds is 3. The first-order valence-corrected chi connectivity index (χ1v) is 7.93. The van der Waals surface area contributed by atoms with Gasteiger partial charge in [0.1, 0.15) is 5.70 Å². The normalized spacial score (nSPS) is 18.9. The number of anilines is 1. The Labute approximate surface area is 144 Å². The molecule has 1 atom stereocenters. The molecule has 2 amide bonds. The lowest BCUT2D eigenvalue weighted by molar-refractivity contribution is -0.108. The van der Waals surface area contributed by atoms with Crippen molar-refractivity contribution in [1.82, 2.24) is 9.27 Å². The molecule has 0 saturated heterocycles. The number of hydrogen-bond donors (Lipinski definition) is 1. The van der Waals surface area contributed by atoms with Crippen molar-refractivity contribution in [3.63, 3.8) is 0 Å². The fraction of sp³-hybridized carbons (Fsp3) is 0.333. The van der Waals surface area contributed by atoms with Crippen LogP contribution < -0.4 is 4.90 Å². The number of alkyl halides is 3. The minimum absolute atomic E-state index is 0.275. The summed E-state index contributed by atoms with van der Waals surface area (Å²) >= 11 is 1.19. The van der Waals surface area contributed by atoms with Crippen LogP contribution in [0.5, 0.6) is 0 Å². The highest BCUT2D eigenvalue weighted by Gasteiger charge is 2.45. The monoisotopic (exact) mass is 373 g/mol. The average molecular weight is 373 g/mol. The van der Waals surface area contributed by atoms with Crippen molar-refractivity contribution in [3.05, 3.63) is 35.7 Å². The number of aliphatic hydroxyl groups is 1. The second-order valence-corrected chi connectivity index (χ2v) is 6.16. The first kappa shape index (κ1) is 17.6. The van der Waals surface area contributed by atoms with Crippen LogP contribution in [0, 0.1) is 0 Å². The fourth-order valence-corrected chi connectivity index (χ4v) is 3.42. The van der Waals surface area contributed by atoms with Crippen LogP contribution in [0.2, 0.25) is 0 Å². The van der Waals surface area contributed by atoms with Crippen molar-refractivity contribution in [3.8, 4) is 0 Å². The minimum atomic E-state index is -4.67. The Morgan fingerprint density at radius 3 is 2.72 bits per heavy atom. The second-order valence-electron chi connectivity index (χ2n) is 5.36. The van der Waals surface area contributed by atoms with Crippen molar-refractivity contribution in [2.24, 2.45) is 0 Å². The SMILES string of the molecule is COC1C=C(C(F)(F)F)N(C)C(=O)N1c1ccc2snc(CO)c2c1. The van der Waals surface area contributed by atoms with E-state index in [4.69, 9.17) is 4.74 Å². The number of halogens is 3. The quantitative estimate of drug-likeness (QED) is 0.898. The number of amides is 2. The third kappa shape index (κ3) is 2.96. The highest BCUT2D eigenvalue weighted by atomic mass is 32.1. The number of nitrogens with zero attached hydrogens (tertiary/aromatic N) is 3. The van der Waals surface area contributed by atoms with Gasteiger partial charge >= 0.3 is 12.2 Å². The molecule has 1 aliphatic heterocycles. The lowest BCUT2D eigenvalue weighted by atomic mass is 10.1. The van der Waals surface area contributed by atoms with Crippen molar-refractivity contribution in [2.75, 3.05) is 19.1 Å². The molecule has 0 bridgehead atoms. The van der Waals surface area contributed by atoms with Gasteiger partial charge in [-0.3, -0.25) is 9.80 Å². The van der Waals surface area contributed by atoms with Crippen LogP contribution in [0.1, 0.15) is 5.69 Å². The Bertz CT molecular complexity index is 849. The molecule has 0 fully saturated rings. The number of carbonyl (C=O) groups excluding carboxylic acids is 1. The van der Waals surface area contributed by atoms with E-state index in [1.54, 1.807) is 18.2 Å². The van der Waals surface area contributed by atoms with Gasteiger partial charge in [-0.15, -0.1) is 0 Å². The largest absolute Gasteiger partial charge is 0.431 e. The van der Waals surface area contributed by atoms with Crippen LogP contribution in [-0.2, 0) is 11.3 Å². The molecular formula is C15H14F3N3O3S. The van der Waals surface area contributed by atoms with E-state index in [2.05, 4.69) is 4.37 Å². The number of methoxy groups -OCH3 is 1. The predicted octanol–water partition coefficient (Wildman–Crippen LogP) is 3.08. The minimum Gasteiger partial charge on any atom is -0.390 e. The number of urea groups is 1. The summed E-state index contributed by atoms with van der Waals surface area (Å²) in [5, 5.41) is 9.98. The third-order valence-electron chi connectivity index (χ3n) is 3.90. The van der Waals surface area contributed by atoms with E-state index in [0.29, 0.717) is 21.7 Å². The number of fused-ring (bicyclic) bond motifs is 1. The van der Waals surface area contributed by atoms with E-state index in [9.17, 15) is 23.1 Å². The Morgan fingerprint density at radius 2 is 2.12 bits per heavy atom. The summed E-state index contributed by atoms with van der Waals surface area (Å²) < 4.78 is 49.3. The standard InChI is InChI=1S/C15H14F3N3O3S/c1-20-12(15(16,17)18)6-13(24-2)21(14(20)23)8-3-4-11-9(5-8)10(7-22)19-25-11/h3-6,13,22H,7H2,1-2H3. The van der Waals surface area contributed by atoms with E-state index in [0.717, 1.165) is 22.7 Å². The lowest BCUT2D eigenvalue weighted by Crippen LogP contribution is -2.53. The van der Waals surface area contributed by atoms with Crippen LogP contribution in [0.25, 0.3) is 10.1 Å². The summed E-state index contributed by atoms with van der Waals surface area (Å²) in [6.45, 7) is -0.275. The maximum Gasteiger partial charge on any atom is 0.431 e. The second kappa shape index (κ2) is 6.28. The molecule has 1 aliphatic rings. The predicted molar refractivity (Wildman–Crippen MR) is 86.1 cm³/mol. The molecule has 3 rings (SSSR count). The number of ether oxygens (including phenoxy) is 1. The molecule has 1 N–H and O–H groups in total. The van der Waals surface area contributed by atoms with E-state index in [-0.39, 0.29) is 6.61 Å². The topological polar surface area (TPSA) is 65.9 Å². The van der Waals surface area contributed by atoms with E-state index in [1.165, 1.54) is 18.6 Å². The summed E-state index contributed by atoms with van der Waals surface area (Å²) in [5.74, 6) is 0. The summed E-state index contributed by atoms with van der Waals surface area (Å²) in [4.78, 5) is 14.2. The molecule has 1 aromatic carbocycles. The van der Waals surface area contributed by atoms with Crippen LogP contribution >= 0.6 is 11.5 Å². The van der Waals surface area contributed by atoms with Gasteiger partial charge < -0.3 is 9.84 Å². The number of allylic oxidation sites excluding steroid dienone is 1. The smallest absolute Gasteiger partial charge is 0.390 e. The van der Waals surface area contributed by atoms with Gasteiger partial charge in [0.25, 0.3) is 0 Å². The summed E-state index contributed by atoms with van der Waals surface area (Å²) in [6.07, 6.45) is -5.02. The first-order valence-electron chi connectivity index (χ1n) is 7.15. The molecule has 0 radical (unpaired) electrons. The van der Waals surface area contributed by atoms with Crippen LogP contribution in [0.4, 0.5) is 23.7 Å². The maximum atomic E-state index is 13.1. The molecule has 6 nitrogen and oxygen atoms in total. The molecule has 0 spiro atoms. The highest BCUT2D eigenvalue weighted by molar-refractivity contribution is 7.13. The van der Waals surface area contributed by atoms with Crippen molar-refractivity contribution in [2.45, 2.75) is 19.0 Å². The molecule has 134 valence electrons. The van der Waals surface area contributed by atoms with Crippen LogP contribution in [0.15, 0.2) is 30.0 Å². The Balaban J connectivity index is 2.09. The fourth-order valence-electron chi connectivity index (χ4n) is 2.65. The number of benzene rings is 1. The molecule has 10 heteroatoms. The molecule has 2 heterocycles. The zero-order valence-electron chi connectivity index (χ0n) is 13.2. The Hall–Kier alpha value is -2.17. The van der Waals surface area contributed by atoms with E-state index < -0.39 is 24.1 Å². The van der Waals surface area contributed by atoms with Crippen molar-refractivity contribution in [1.29, 1.82) is 0 Å². The van der Waals surface area contributed by atoms with Crippen molar-refractivity contribution >= 4 is 33.3 Å². The highest BCUT2D eigenvalue weighted by Crippen LogP contribution is 2.36. The van der Waals surface area contributed by atoms with Gasteiger partial charge in [0, 0.05) is 25.2 Å². The van der Waals surface area contributed by atoms with Gasteiger partial charge in [0.2, 0.25) is 0 Å². The summed E-state index contributed by atoms with van der Waals surface area (Å²) in [7, 11) is 2.29. The van der Waals surface area contributed by atoms with E-state index >= 15 is 0 Å². The van der Waals surface area contributed by atoms with Crippen molar-refractivity contribution < 1.29 is 27.8 Å².